The van der Waals surface area contributed by atoms with Crippen molar-refractivity contribution >= 4 is 0 Å². The van der Waals surface area contributed by atoms with Crippen LogP contribution >= 0.6 is 0 Å². The number of nitrogens with one attached hydrogen (secondary N) is 1. The van der Waals surface area contributed by atoms with Gasteiger partial charge in [-0.1, -0.05) is 44.7 Å². The average Bonchev–Trinajstić information content (AvgIpc) is 2.79. The van der Waals surface area contributed by atoms with E-state index >= 15 is 0 Å². The summed E-state index contributed by atoms with van der Waals surface area (Å²) in [4.78, 5) is 0. The second-order valence-corrected chi connectivity index (χ2v) is 6.19. The molecule has 1 aromatic rings. The first-order chi connectivity index (χ1) is 10.3. The fourth-order valence-electron chi connectivity index (χ4n) is 3.44. The van der Waals surface area contributed by atoms with E-state index in [1.165, 1.54) is 50.5 Å². The maximum atomic E-state index is 5.57. The molecule has 21 heavy (non-hydrogen) atoms. The van der Waals surface area contributed by atoms with Crippen LogP contribution in [0.2, 0.25) is 0 Å². The van der Waals surface area contributed by atoms with Crippen LogP contribution in [0.15, 0.2) is 24.3 Å². The summed E-state index contributed by atoms with van der Waals surface area (Å²) in [6.45, 7) is 6.12. The van der Waals surface area contributed by atoms with Gasteiger partial charge in [-0.05, 0) is 56.3 Å². The fraction of sp³-hybridized carbons (Fsp3) is 0.684. The zero-order valence-corrected chi connectivity index (χ0v) is 13.7. The van der Waals surface area contributed by atoms with E-state index in [1.54, 1.807) is 0 Å². The van der Waals surface area contributed by atoms with Gasteiger partial charge >= 0.3 is 0 Å². The zero-order chi connectivity index (χ0) is 14.9. The van der Waals surface area contributed by atoms with Crippen LogP contribution in [0, 0.1) is 5.92 Å². The smallest absolute Gasteiger partial charge is 0.119 e. The highest BCUT2D eigenvalue weighted by Gasteiger charge is 2.23. The van der Waals surface area contributed by atoms with Gasteiger partial charge in [0, 0.05) is 6.04 Å². The second kappa shape index (κ2) is 9.09. The van der Waals surface area contributed by atoms with Gasteiger partial charge in [0.15, 0.2) is 0 Å². The van der Waals surface area contributed by atoms with Crippen molar-refractivity contribution in [2.24, 2.45) is 5.92 Å². The molecule has 0 bridgehead atoms. The number of benzene rings is 1. The van der Waals surface area contributed by atoms with E-state index in [9.17, 15) is 0 Å². The summed E-state index contributed by atoms with van der Waals surface area (Å²) in [5.41, 5.74) is 1.43. The summed E-state index contributed by atoms with van der Waals surface area (Å²) in [6.07, 6.45) is 9.56. The molecule has 0 aliphatic heterocycles. The lowest BCUT2D eigenvalue weighted by Gasteiger charge is -2.28. The van der Waals surface area contributed by atoms with Crippen molar-refractivity contribution in [1.82, 2.24) is 5.32 Å². The Hall–Kier alpha value is -1.02. The molecule has 1 aliphatic carbocycles. The van der Waals surface area contributed by atoms with Crippen LogP contribution in [-0.4, -0.2) is 13.2 Å². The molecular formula is C19H31NO. The van der Waals surface area contributed by atoms with Crippen LogP contribution in [0.4, 0.5) is 0 Å². The van der Waals surface area contributed by atoms with Gasteiger partial charge in [-0.15, -0.1) is 0 Å². The highest BCUT2D eigenvalue weighted by atomic mass is 16.5. The van der Waals surface area contributed by atoms with E-state index < -0.39 is 0 Å². The maximum absolute atomic E-state index is 5.57. The predicted molar refractivity (Wildman–Crippen MR) is 89.8 cm³/mol. The van der Waals surface area contributed by atoms with E-state index in [2.05, 4.69) is 36.5 Å². The van der Waals surface area contributed by atoms with E-state index in [-0.39, 0.29) is 0 Å². The van der Waals surface area contributed by atoms with Gasteiger partial charge < -0.3 is 10.1 Å². The molecule has 1 aromatic carbocycles. The summed E-state index contributed by atoms with van der Waals surface area (Å²) in [6, 6.07) is 9.26. The molecule has 0 radical (unpaired) electrons. The molecule has 1 N–H and O–H groups in total. The Bertz CT molecular complexity index is 379. The lowest BCUT2D eigenvalue weighted by atomic mass is 9.87. The molecule has 1 unspecified atom stereocenters. The molecule has 1 atom stereocenters. The Kier molecular flexibility index (Phi) is 7.08. The number of hydrogen-bond donors (Lipinski definition) is 1. The van der Waals surface area contributed by atoms with Crippen molar-refractivity contribution in [2.75, 3.05) is 13.2 Å². The maximum Gasteiger partial charge on any atom is 0.119 e. The van der Waals surface area contributed by atoms with Crippen molar-refractivity contribution in [2.45, 2.75) is 64.8 Å². The summed E-state index contributed by atoms with van der Waals surface area (Å²) in [5, 5.41) is 3.79. The molecule has 2 heteroatoms. The van der Waals surface area contributed by atoms with Crippen LogP contribution in [-0.2, 0) is 0 Å². The number of rotatable bonds is 7. The van der Waals surface area contributed by atoms with Crippen molar-refractivity contribution in [3.05, 3.63) is 29.8 Å². The molecule has 1 saturated carbocycles. The standard InChI is InChI=1S/C19H31NO/c1-3-15-20-19(16-9-7-5-6-8-10-16)17-11-13-18(14-12-17)21-4-2/h11-14,16,19-20H,3-10,15H2,1-2H3. The van der Waals surface area contributed by atoms with Gasteiger partial charge in [0.1, 0.15) is 5.75 Å². The molecule has 1 aliphatic rings. The lowest BCUT2D eigenvalue weighted by Crippen LogP contribution is -2.29. The first kappa shape index (κ1) is 16.4. The minimum atomic E-state index is 0.513. The molecule has 0 saturated heterocycles. The highest BCUT2D eigenvalue weighted by molar-refractivity contribution is 5.29. The molecule has 2 rings (SSSR count). The SMILES string of the molecule is CCCNC(c1ccc(OCC)cc1)C1CCCCCC1. The lowest BCUT2D eigenvalue weighted by molar-refractivity contribution is 0.323. The molecule has 0 heterocycles. The summed E-state index contributed by atoms with van der Waals surface area (Å²) in [5.74, 6) is 1.77. The zero-order valence-electron chi connectivity index (χ0n) is 13.7. The van der Waals surface area contributed by atoms with Gasteiger partial charge in [0.05, 0.1) is 6.61 Å². The van der Waals surface area contributed by atoms with Gasteiger partial charge in [-0.3, -0.25) is 0 Å². The van der Waals surface area contributed by atoms with Gasteiger partial charge in [0.2, 0.25) is 0 Å². The Morgan fingerprint density at radius 1 is 1.05 bits per heavy atom. The van der Waals surface area contributed by atoms with E-state index in [0.29, 0.717) is 6.04 Å². The third-order valence-electron chi connectivity index (χ3n) is 4.54. The molecule has 0 amide bonds. The summed E-state index contributed by atoms with van der Waals surface area (Å²) < 4.78 is 5.57. The van der Waals surface area contributed by atoms with Crippen LogP contribution in [0.1, 0.15) is 70.4 Å². The van der Waals surface area contributed by atoms with Crippen LogP contribution in [0.3, 0.4) is 0 Å². The van der Waals surface area contributed by atoms with E-state index in [4.69, 9.17) is 4.74 Å². The van der Waals surface area contributed by atoms with E-state index in [0.717, 1.165) is 24.8 Å². The molecule has 0 aromatic heterocycles. The first-order valence-corrected chi connectivity index (χ1v) is 8.81. The van der Waals surface area contributed by atoms with Crippen molar-refractivity contribution < 1.29 is 4.74 Å². The minimum Gasteiger partial charge on any atom is -0.494 e. The molecular weight excluding hydrogens is 258 g/mol. The number of ether oxygens (including phenoxy) is 1. The topological polar surface area (TPSA) is 21.3 Å². The Balaban J connectivity index is 2.09. The molecule has 0 spiro atoms. The Labute approximate surface area is 130 Å². The molecule has 118 valence electrons. The van der Waals surface area contributed by atoms with E-state index in [1.807, 2.05) is 6.92 Å². The fourth-order valence-corrected chi connectivity index (χ4v) is 3.44. The largest absolute Gasteiger partial charge is 0.494 e. The number of hydrogen-bond acceptors (Lipinski definition) is 2. The molecule has 2 nitrogen and oxygen atoms in total. The predicted octanol–water partition coefficient (Wildman–Crippen LogP) is 5.10. The molecule has 1 fully saturated rings. The Morgan fingerprint density at radius 3 is 2.29 bits per heavy atom. The third-order valence-corrected chi connectivity index (χ3v) is 4.54. The van der Waals surface area contributed by atoms with Crippen molar-refractivity contribution in [3.8, 4) is 5.75 Å². The normalized spacial score (nSPS) is 18.2. The first-order valence-electron chi connectivity index (χ1n) is 8.81. The highest BCUT2D eigenvalue weighted by Crippen LogP contribution is 2.34. The summed E-state index contributed by atoms with van der Waals surface area (Å²) in [7, 11) is 0. The average molecular weight is 289 g/mol. The van der Waals surface area contributed by atoms with Gasteiger partial charge in [0.25, 0.3) is 0 Å². The van der Waals surface area contributed by atoms with Gasteiger partial charge in [-0.2, -0.15) is 0 Å². The van der Waals surface area contributed by atoms with Crippen LogP contribution < -0.4 is 10.1 Å². The van der Waals surface area contributed by atoms with Crippen molar-refractivity contribution in [1.29, 1.82) is 0 Å². The minimum absolute atomic E-state index is 0.513. The monoisotopic (exact) mass is 289 g/mol. The quantitative estimate of drug-likeness (QED) is 0.705. The van der Waals surface area contributed by atoms with Crippen molar-refractivity contribution in [3.63, 3.8) is 0 Å². The second-order valence-electron chi connectivity index (χ2n) is 6.19. The third kappa shape index (κ3) is 5.03. The van der Waals surface area contributed by atoms with Gasteiger partial charge in [-0.25, -0.2) is 0 Å². The van der Waals surface area contributed by atoms with Crippen LogP contribution in [0.25, 0.3) is 0 Å². The van der Waals surface area contributed by atoms with Crippen LogP contribution in [0.5, 0.6) is 5.75 Å². The Morgan fingerprint density at radius 2 is 1.71 bits per heavy atom. The summed E-state index contributed by atoms with van der Waals surface area (Å²) >= 11 is 0.